The van der Waals surface area contributed by atoms with E-state index in [-0.39, 0.29) is 12.3 Å². The van der Waals surface area contributed by atoms with Crippen molar-refractivity contribution in [3.63, 3.8) is 0 Å². The minimum atomic E-state index is -4.27. The number of alkyl halides is 3. The molecule has 1 rings (SSSR count). The van der Waals surface area contributed by atoms with Gasteiger partial charge in [-0.2, -0.15) is 13.2 Å². The van der Waals surface area contributed by atoms with Crippen LogP contribution in [0.1, 0.15) is 18.0 Å². The molecule has 0 aliphatic heterocycles. The van der Waals surface area contributed by atoms with Crippen LogP contribution in [-0.2, 0) is 0 Å². The molecule has 0 radical (unpaired) electrons. The third kappa shape index (κ3) is 4.75. The highest BCUT2D eigenvalue weighted by molar-refractivity contribution is 5.77. The second kappa shape index (κ2) is 5.86. The molecule has 6 heteroatoms. The van der Waals surface area contributed by atoms with Gasteiger partial charge in [-0.25, -0.2) is 0 Å². The number of nitrogens with one attached hydrogen (secondary N) is 1. The Morgan fingerprint density at radius 3 is 2.33 bits per heavy atom. The number of hydrogen-bond donors (Lipinski definition) is 2. The van der Waals surface area contributed by atoms with E-state index in [4.69, 9.17) is 11.1 Å². The predicted molar refractivity (Wildman–Crippen MR) is 64.4 cm³/mol. The second-order valence-corrected chi connectivity index (χ2v) is 4.19. The summed E-state index contributed by atoms with van der Waals surface area (Å²) in [7, 11) is 1.38. The van der Waals surface area contributed by atoms with E-state index in [0.29, 0.717) is 0 Å². The van der Waals surface area contributed by atoms with Gasteiger partial charge in [-0.3, -0.25) is 10.3 Å². The topological polar surface area (TPSA) is 53.1 Å². The Morgan fingerprint density at radius 1 is 1.33 bits per heavy atom. The van der Waals surface area contributed by atoms with Crippen LogP contribution in [0.15, 0.2) is 30.3 Å². The lowest BCUT2D eigenvalue weighted by atomic mass is 10.0. The summed E-state index contributed by atoms with van der Waals surface area (Å²) in [5.41, 5.74) is 6.03. The van der Waals surface area contributed by atoms with E-state index in [0.717, 1.165) is 10.5 Å². The summed E-state index contributed by atoms with van der Waals surface area (Å²) in [5.74, 6) is -0.127. The van der Waals surface area contributed by atoms with Gasteiger partial charge in [0.15, 0.2) is 0 Å². The maximum Gasteiger partial charge on any atom is 0.401 e. The van der Waals surface area contributed by atoms with Crippen molar-refractivity contribution in [2.24, 2.45) is 5.73 Å². The van der Waals surface area contributed by atoms with Crippen molar-refractivity contribution in [2.75, 3.05) is 13.6 Å². The van der Waals surface area contributed by atoms with Crippen molar-refractivity contribution in [3.8, 4) is 0 Å². The fourth-order valence-corrected chi connectivity index (χ4v) is 1.80. The third-order valence-electron chi connectivity index (χ3n) is 2.56. The van der Waals surface area contributed by atoms with Crippen LogP contribution < -0.4 is 5.73 Å². The molecule has 100 valence electrons. The first kappa shape index (κ1) is 14.5. The smallest absolute Gasteiger partial charge is 0.388 e. The highest BCUT2D eigenvalue weighted by atomic mass is 19.4. The zero-order valence-corrected chi connectivity index (χ0v) is 10.0. The van der Waals surface area contributed by atoms with Gasteiger partial charge in [0.2, 0.25) is 0 Å². The molecule has 0 aromatic heterocycles. The highest BCUT2D eigenvalue weighted by Crippen LogP contribution is 2.26. The number of hydrogen-bond acceptors (Lipinski definition) is 2. The molecule has 0 fully saturated rings. The summed E-state index contributed by atoms with van der Waals surface area (Å²) < 4.78 is 37.2. The van der Waals surface area contributed by atoms with Crippen LogP contribution >= 0.6 is 0 Å². The Balaban J connectivity index is 2.88. The summed E-state index contributed by atoms with van der Waals surface area (Å²) in [6, 6.07) is 8.23. The number of amidine groups is 1. The van der Waals surface area contributed by atoms with Crippen LogP contribution in [-0.4, -0.2) is 30.5 Å². The monoisotopic (exact) mass is 259 g/mol. The summed E-state index contributed by atoms with van der Waals surface area (Å²) in [6.07, 6.45) is -4.19. The van der Waals surface area contributed by atoms with Gasteiger partial charge in [0.1, 0.15) is 0 Å². The molecule has 0 heterocycles. The quantitative estimate of drug-likeness (QED) is 0.630. The first-order valence-electron chi connectivity index (χ1n) is 5.44. The minimum absolute atomic E-state index is 0.0800. The normalized spacial score (nSPS) is 13.6. The van der Waals surface area contributed by atoms with Crippen molar-refractivity contribution in [3.05, 3.63) is 35.9 Å². The maximum atomic E-state index is 12.4. The lowest BCUT2D eigenvalue weighted by Gasteiger charge is -2.28. The summed E-state index contributed by atoms with van der Waals surface area (Å²) in [4.78, 5) is 1.16. The lowest BCUT2D eigenvalue weighted by molar-refractivity contribution is -0.147. The first-order valence-corrected chi connectivity index (χ1v) is 5.44. The van der Waals surface area contributed by atoms with E-state index >= 15 is 0 Å². The fourth-order valence-electron chi connectivity index (χ4n) is 1.80. The summed E-state index contributed by atoms with van der Waals surface area (Å²) in [6.45, 7) is -1.03. The van der Waals surface area contributed by atoms with Gasteiger partial charge in [0.05, 0.1) is 12.4 Å². The van der Waals surface area contributed by atoms with E-state index in [1.54, 1.807) is 30.3 Å². The van der Waals surface area contributed by atoms with Crippen molar-refractivity contribution >= 4 is 5.84 Å². The molecule has 0 spiro atoms. The van der Waals surface area contributed by atoms with Gasteiger partial charge >= 0.3 is 6.18 Å². The lowest BCUT2D eigenvalue weighted by Crippen LogP contribution is -2.36. The minimum Gasteiger partial charge on any atom is -0.388 e. The van der Waals surface area contributed by atoms with Gasteiger partial charge in [-0.15, -0.1) is 0 Å². The number of nitrogens with zero attached hydrogens (tertiary/aromatic N) is 1. The van der Waals surface area contributed by atoms with Crippen LogP contribution in [0.2, 0.25) is 0 Å². The second-order valence-electron chi connectivity index (χ2n) is 4.19. The Hall–Kier alpha value is -1.56. The number of rotatable bonds is 5. The molecule has 0 amide bonds. The average molecular weight is 259 g/mol. The number of nitrogens with two attached hydrogens (primary N) is 1. The molecule has 1 atom stereocenters. The Morgan fingerprint density at radius 2 is 1.89 bits per heavy atom. The SMILES string of the molecule is CN(CC(F)(F)F)C(CC(=N)N)c1ccccc1. The van der Waals surface area contributed by atoms with Gasteiger partial charge in [-0.1, -0.05) is 30.3 Å². The van der Waals surface area contributed by atoms with Gasteiger partial charge in [-0.05, 0) is 12.6 Å². The van der Waals surface area contributed by atoms with E-state index < -0.39 is 18.8 Å². The number of halogens is 3. The van der Waals surface area contributed by atoms with Crippen molar-refractivity contribution in [2.45, 2.75) is 18.6 Å². The Bertz CT molecular complexity index is 389. The molecule has 0 bridgehead atoms. The Labute approximate surface area is 104 Å². The van der Waals surface area contributed by atoms with Gasteiger partial charge in [0.25, 0.3) is 0 Å². The molecule has 0 saturated heterocycles. The van der Waals surface area contributed by atoms with Crippen molar-refractivity contribution in [1.29, 1.82) is 5.41 Å². The highest BCUT2D eigenvalue weighted by Gasteiger charge is 2.32. The van der Waals surface area contributed by atoms with E-state index in [1.165, 1.54) is 7.05 Å². The van der Waals surface area contributed by atoms with Crippen molar-refractivity contribution in [1.82, 2.24) is 4.90 Å². The molecule has 0 aliphatic carbocycles. The summed E-state index contributed by atoms with van der Waals surface area (Å²) in [5, 5.41) is 7.27. The molecular weight excluding hydrogens is 243 g/mol. The molecule has 18 heavy (non-hydrogen) atoms. The van der Waals surface area contributed by atoms with Crippen molar-refractivity contribution < 1.29 is 13.2 Å². The largest absolute Gasteiger partial charge is 0.401 e. The van der Waals surface area contributed by atoms with Crippen LogP contribution in [0.3, 0.4) is 0 Å². The molecule has 3 nitrogen and oxygen atoms in total. The first-order chi connectivity index (χ1) is 8.29. The molecule has 0 saturated carbocycles. The van der Waals surface area contributed by atoms with Crippen LogP contribution in [0.25, 0.3) is 0 Å². The average Bonchev–Trinajstić information content (AvgIpc) is 2.24. The van der Waals surface area contributed by atoms with Gasteiger partial charge in [0, 0.05) is 12.5 Å². The molecule has 3 N–H and O–H groups in total. The fraction of sp³-hybridized carbons (Fsp3) is 0.417. The number of benzene rings is 1. The van der Waals surface area contributed by atoms with Crippen LogP contribution in [0, 0.1) is 5.41 Å². The zero-order chi connectivity index (χ0) is 13.8. The van der Waals surface area contributed by atoms with E-state index in [1.807, 2.05) is 0 Å². The molecule has 1 aromatic carbocycles. The van der Waals surface area contributed by atoms with Crippen LogP contribution in [0.4, 0.5) is 13.2 Å². The zero-order valence-electron chi connectivity index (χ0n) is 10.0. The molecule has 0 aliphatic rings. The van der Waals surface area contributed by atoms with E-state index in [2.05, 4.69) is 0 Å². The third-order valence-corrected chi connectivity index (χ3v) is 2.56. The van der Waals surface area contributed by atoms with Crippen LogP contribution in [0.5, 0.6) is 0 Å². The predicted octanol–water partition coefficient (Wildman–Crippen LogP) is 2.55. The Kier molecular flexibility index (Phi) is 4.72. The van der Waals surface area contributed by atoms with Gasteiger partial charge < -0.3 is 5.73 Å². The molecule has 1 aromatic rings. The van der Waals surface area contributed by atoms with E-state index in [9.17, 15) is 13.2 Å². The molecule has 1 unspecified atom stereocenters. The summed E-state index contributed by atoms with van der Waals surface area (Å²) >= 11 is 0. The molecular formula is C12H16F3N3. The maximum absolute atomic E-state index is 12.4. The standard InChI is InChI=1S/C12H16F3N3/c1-18(8-12(13,14)15)10(7-11(16)17)9-5-3-2-4-6-9/h2-6,10H,7-8H2,1H3,(H3,16,17).